The number of hydrogen-bond donors (Lipinski definition) is 0. The standard InChI is InChI=1S/C14H13Cl2N5/c1-9-10(7-20(2)19-9)5-14-17-8-18-21(14)13-4-3-11(15)6-12(13)16/h3-4,6-8H,5H2,1-2H3. The number of aryl methyl sites for hydroxylation is 2. The first kappa shape index (κ1) is 14.1. The molecule has 1 aromatic carbocycles. The van der Waals surface area contributed by atoms with Gasteiger partial charge in [-0.25, -0.2) is 9.67 Å². The lowest BCUT2D eigenvalue weighted by Crippen LogP contribution is -2.05. The third kappa shape index (κ3) is 2.80. The molecule has 0 aliphatic heterocycles. The molecule has 0 fully saturated rings. The highest BCUT2D eigenvalue weighted by Gasteiger charge is 2.13. The second-order valence-electron chi connectivity index (χ2n) is 4.77. The molecule has 0 bridgehead atoms. The van der Waals surface area contributed by atoms with Crippen LogP contribution in [0.2, 0.25) is 10.0 Å². The average molecular weight is 322 g/mol. The first-order valence-corrected chi connectivity index (χ1v) is 7.13. The zero-order valence-electron chi connectivity index (χ0n) is 11.6. The maximum absolute atomic E-state index is 6.24. The molecule has 21 heavy (non-hydrogen) atoms. The van der Waals surface area contributed by atoms with Crippen molar-refractivity contribution in [1.82, 2.24) is 24.5 Å². The Morgan fingerprint density at radius 3 is 2.71 bits per heavy atom. The first-order valence-electron chi connectivity index (χ1n) is 6.38. The molecule has 2 heterocycles. The lowest BCUT2D eigenvalue weighted by molar-refractivity contribution is 0.756. The molecule has 0 amide bonds. The molecule has 0 aliphatic rings. The summed E-state index contributed by atoms with van der Waals surface area (Å²) in [6.45, 7) is 1.98. The van der Waals surface area contributed by atoms with Crippen molar-refractivity contribution in [2.24, 2.45) is 7.05 Å². The van der Waals surface area contributed by atoms with E-state index in [0.717, 1.165) is 22.8 Å². The minimum Gasteiger partial charge on any atom is -0.275 e. The molecule has 0 saturated carbocycles. The minimum absolute atomic E-state index is 0.539. The van der Waals surface area contributed by atoms with Crippen LogP contribution in [0.4, 0.5) is 0 Å². The Bertz CT molecular complexity index is 791. The molecule has 0 aliphatic carbocycles. The topological polar surface area (TPSA) is 48.5 Å². The summed E-state index contributed by atoms with van der Waals surface area (Å²) in [5.41, 5.74) is 2.85. The van der Waals surface area contributed by atoms with Gasteiger partial charge >= 0.3 is 0 Å². The van der Waals surface area contributed by atoms with Crippen molar-refractivity contribution in [3.63, 3.8) is 0 Å². The van der Waals surface area contributed by atoms with Gasteiger partial charge in [0.1, 0.15) is 12.2 Å². The lowest BCUT2D eigenvalue weighted by Gasteiger charge is -2.08. The Hall–Kier alpha value is -1.85. The number of benzene rings is 1. The fraction of sp³-hybridized carbons (Fsp3) is 0.214. The molecule has 3 rings (SSSR count). The molecule has 0 atom stereocenters. The summed E-state index contributed by atoms with van der Waals surface area (Å²) in [6, 6.07) is 5.31. The minimum atomic E-state index is 0.539. The lowest BCUT2D eigenvalue weighted by atomic mass is 10.2. The van der Waals surface area contributed by atoms with Gasteiger partial charge in [-0.1, -0.05) is 23.2 Å². The number of rotatable bonds is 3. The largest absolute Gasteiger partial charge is 0.275 e. The van der Waals surface area contributed by atoms with Gasteiger partial charge in [-0.15, -0.1) is 0 Å². The Labute approximate surface area is 132 Å². The third-order valence-electron chi connectivity index (χ3n) is 3.22. The van der Waals surface area contributed by atoms with E-state index in [1.165, 1.54) is 6.33 Å². The van der Waals surface area contributed by atoms with Crippen LogP contribution in [-0.4, -0.2) is 24.5 Å². The van der Waals surface area contributed by atoms with E-state index in [9.17, 15) is 0 Å². The molecule has 0 saturated heterocycles. The highest BCUT2D eigenvalue weighted by molar-refractivity contribution is 6.35. The van der Waals surface area contributed by atoms with Gasteiger partial charge in [0, 0.05) is 30.3 Å². The normalized spacial score (nSPS) is 11.0. The van der Waals surface area contributed by atoms with Crippen LogP contribution in [0.15, 0.2) is 30.7 Å². The zero-order chi connectivity index (χ0) is 15.0. The van der Waals surface area contributed by atoms with Crippen molar-refractivity contribution in [2.45, 2.75) is 13.3 Å². The molecule has 7 heteroatoms. The number of nitrogens with zero attached hydrogens (tertiary/aromatic N) is 5. The Kier molecular flexibility index (Phi) is 3.69. The van der Waals surface area contributed by atoms with Crippen LogP contribution in [0.5, 0.6) is 0 Å². The van der Waals surface area contributed by atoms with E-state index in [-0.39, 0.29) is 0 Å². The molecular formula is C14H13Cl2N5. The predicted octanol–water partition coefficient (Wildman–Crippen LogP) is 3.21. The maximum Gasteiger partial charge on any atom is 0.138 e. The molecule has 0 radical (unpaired) electrons. The quantitative estimate of drug-likeness (QED) is 0.744. The van der Waals surface area contributed by atoms with E-state index in [1.54, 1.807) is 21.5 Å². The molecular weight excluding hydrogens is 309 g/mol. The SMILES string of the molecule is Cc1nn(C)cc1Cc1ncnn1-c1ccc(Cl)cc1Cl. The van der Waals surface area contributed by atoms with E-state index in [4.69, 9.17) is 23.2 Å². The first-order chi connectivity index (χ1) is 10.0. The van der Waals surface area contributed by atoms with Crippen LogP contribution >= 0.6 is 23.2 Å². The van der Waals surface area contributed by atoms with Gasteiger partial charge in [0.25, 0.3) is 0 Å². The van der Waals surface area contributed by atoms with E-state index in [0.29, 0.717) is 16.5 Å². The fourth-order valence-electron chi connectivity index (χ4n) is 2.23. The fourth-order valence-corrected chi connectivity index (χ4v) is 2.72. The highest BCUT2D eigenvalue weighted by atomic mass is 35.5. The van der Waals surface area contributed by atoms with Gasteiger partial charge < -0.3 is 0 Å². The summed E-state index contributed by atoms with van der Waals surface area (Å²) in [5.74, 6) is 0.801. The van der Waals surface area contributed by atoms with Crippen molar-refractivity contribution in [2.75, 3.05) is 0 Å². The number of aromatic nitrogens is 5. The molecule has 3 aromatic rings. The molecule has 0 spiro atoms. The van der Waals surface area contributed by atoms with Gasteiger partial charge in [0.15, 0.2) is 0 Å². The van der Waals surface area contributed by atoms with Crippen molar-refractivity contribution in [3.05, 3.63) is 57.9 Å². The van der Waals surface area contributed by atoms with Crippen LogP contribution in [0, 0.1) is 6.92 Å². The highest BCUT2D eigenvalue weighted by Crippen LogP contribution is 2.25. The van der Waals surface area contributed by atoms with Crippen molar-refractivity contribution < 1.29 is 0 Å². The summed E-state index contributed by atoms with van der Waals surface area (Å²) < 4.78 is 3.52. The van der Waals surface area contributed by atoms with Crippen LogP contribution in [0.1, 0.15) is 17.1 Å². The second kappa shape index (κ2) is 5.50. The third-order valence-corrected chi connectivity index (χ3v) is 3.76. The molecule has 2 aromatic heterocycles. The Morgan fingerprint density at radius 1 is 1.24 bits per heavy atom. The van der Waals surface area contributed by atoms with Crippen LogP contribution < -0.4 is 0 Å². The summed E-state index contributed by atoms with van der Waals surface area (Å²) in [7, 11) is 1.90. The summed E-state index contributed by atoms with van der Waals surface area (Å²) in [5, 5.41) is 9.73. The summed E-state index contributed by atoms with van der Waals surface area (Å²) >= 11 is 12.2. The average Bonchev–Trinajstić information content (AvgIpc) is 2.97. The van der Waals surface area contributed by atoms with E-state index >= 15 is 0 Å². The second-order valence-corrected chi connectivity index (χ2v) is 5.62. The van der Waals surface area contributed by atoms with E-state index in [1.807, 2.05) is 26.2 Å². The summed E-state index contributed by atoms with van der Waals surface area (Å²) in [4.78, 5) is 4.32. The van der Waals surface area contributed by atoms with Gasteiger partial charge in [-0.2, -0.15) is 10.2 Å². The van der Waals surface area contributed by atoms with Crippen LogP contribution in [-0.2, 0) is 13.5 Å². The molecule has 108 valence electrons. The van der Waals surface area contributed by atoms with Crippen molar-refractivity contribution >= 4 is 23.2 Å². The van der Waals surface area contributed by atoms with Gasteiger partial charge in [0.05, 0.1) is 16.4 Å². The molecule has 0 unspecified atom stereocenters. The van der Waals surface area contributed by atoms with Crippen molar-refractivity contribution in [1.29, 1.82) is 0 Å². The van der Waals surface area contributed by atoms with Crippen LogP contribution in [0.25, 0.3) is 5.69 Å². The number of hydrogen-bond acceptors (Lipinski definition) is 3. The van der Waals surface area contributed by atoms with Crippen molar-refractivity contribution in [3.8, 4) is 5.69 Å². The summed E-state index contributed by atoms with van der Waals surface area (Å²) in [6.07, 6.45) is 4.14. The number of halogens is 2. The maximum atomic E-state index is 6.24. The van der Waals surface area contributed by atoms with Gasteiger partial charge in [0.2, 0.25) is 0 Å². The van der Waals surface area contributed by atoms with Gasteiger partial charge in [-0.3, -0.25) is 4.68 Å². The predicted molar refractivity (Wildman–Crippen MR) is 82.1 cm³/mol. The zero-order valence-corrected chi connectivity index (χ0v) is 13.1. The Balaban J connectivity index is 1.99. The smallest absolute Gasteiger partial charge is 0.138 e. The van der Waals surface area contributed by atoms with Gasteiger partial charge in [-0.05, 0) is 25.1 Å². The molecule has 0 N–H and O–H groups in total. The monoisotopic (exact) mass is 321 g/mol. The van der Waals surface area contributed by atoms with E-state index in [2.05, 4.69) is 15.2 Å². The Morgan fingerprint density at radius 2 is 2.05 bits per heavy atom. The van der Waals surface area contributed by atoms with Crippen LogP contribution in [0.3, 0.4) is 0 Å². The molecule has 5 nitrogen and oxygen atoms in total. The van der Waals surface area contributed by atoms with E-state index < -0.39 is 0 Å².